The van der Waals surface area contributed by atoms with Crippen LogP contribution in [0.1, 0.15) is 66.0 Å². The molecule has 252 valence electrons. The maximum absolute atomic E-state index is 13.6. The van der Waals surface area contributed by atoms with Crippen molar-refractivity contribution in [1.82, 2.24) is 5.32 Å². The number of carbonyl (C=O) groups excluding carboxylic acids is 3. The van der Waals surface area contributed by atoms with E-state index in [0.717, 1.165) is 29.7 Å². The third kappa shape index (κ3) is 8.94. The molecule has 0 fully saturated rings. The van der Waals surface area contributed by atoms with Crippen molar-refractivity contribution in [1.29, 1.82) is 5.26 Å². The summed E-state index contributed by atoms with van der Waals surface area (Å²) < 4.78 is 0. The van der Waals surface area contributed by atoms with Crippen LogP contribution in [0, 0.1) is 22.7 Å². The van der Waals surface area contributed by atoms with Crippen LogP contribution < -0.4 is 16.0 Å². The Kier molecular flexibility index (Phi) is 11.6. The molecule has 3 amide bonds. The standard InChI is InChI=1S/C38H36Cl2N4O3S2/c1-22(34(45)44-37-29(21-41)28-17-16-25(38(2,3)4)19-32(28)49-37)48-27-14-9-13-26(20-27)42-36(47)31(18-24-12-8-15-30(39)33(24)40)43-35(46)23-10-6-5-7-11-23/h5-15,18,20,22,25H,16-17,19H2,1-4H3,(H,42,47)(H,43,46)(H,44,45)/b31-18+. The summed E-state index contributed by atoms with van der Waals surface area (Å²) in [4.78, 5) is 41.9. The van der Waals surface area contributed by atoms with E-state index in [-0.39, 0.29) is 22.0 Å². The van der Waals surface area contributed by atoms with Crippen LogP contribution in [0.2, 0.25) is 10.0 Å². The number of thioether (sulfide) groups is 1. The number of benzene rings is 3. The summed E-state index contributed by atoms with van der Waals surface area (Å²) in [6.45, 7) is 8.55. The highest BCUT2D eigenvalue weighted by Gasteiger charge is 2.32. The molecule has 0 spiro atoms. The van der Waals surface area contributed by atoms with Crippen molar-refractivity contribution >= 4 is 80.8 Å². The largest absolute Gasteiger partial charge is 0.321 e. The van der Waals surface area contributed by atoms with Crippen LogP contribution in [0.4, 0.5) is 10.7 Å². The summed E-state index contributed by atoms with van der Waals surface area (Å²) in [5.74, 6) is -0.733. The Hall–Kier alpha value is -4.07. The zero-order valence-electron chi connectivity index (χ0n) is 27.5. The minimum Gasteiger partial charge on any atom is -0.321 e. The van der Waals surface area contributed by atoms with Gasteiger partial charge in [-0.25, -0.2) is 0 Å². The average molecular weight is 732 g/mol. The van der Waals surface area contributed by atoms with E-state index < -0.39 is 17.1 Å². The number of fused-ring (bicyclic) bond motifs is 1. The molecular formula is C38H36Cl2N4O3S2. The van der Waals surface area contributed by atoms with Crippen molar-refractivity contribution < 1.29 is 14.4 Å². The lowest BCUT2D eigenvalue weighted by molar-refractivity contribution is -0.115. The predicted molar refractivity (Wildman–Crippen MR) is 201 cm³/mol. The fourth-order valence-corrected chi connectivity index (χ4v) is 8.15. The van der Waals surface area contributed by atoms with Gasteiger partial charge < -0.3 is 16.0 Å². The first-order valence-electron chi connectivity index (χ1n) is 15.8. The zero-order valence-corrected chi connectivity index (χ0v) is 30.7. The zero-order chi connectivity index (χ0) is 35.3. The molecular weight excluding hydrogens is 695 g/mol. The molecule has 0 saturated carbocycles. The van der Waals surface area contributed by atoms with Gasteiger partial charge in [0.25, 0.3) is 11.8 Å². The normalized spacial score (nSPS) is 15.0. The summed E-state index contributed by atoms with van der Waals surface area (Å²) in [6.07, 6.45) is 4.25. The Bertz CT molecular complexity index is 1960. The van der Waals surface area contributed by atoms with Gasteiger partial charge in [0.15, 0.2) is 0 Å². The van der Waals surface area contributed by atoms with Gasteiger partial charge in [-0.3, -0.25) is 14.4 Å². The van der Waals surface area contributed by atoms with Gasteiger partial charge in [-0.05, 0) is 91.1 Å². The number of nitriles is 1. The highest BCUT2D eigenvalue weighted by Crippen LogP contribution is 2.44. The van der Waals surface area contributed by atoms with E-state index in [1.165, 1.54) is 34.1 Å². The minimum absolute atomic E-state index is 0.0374. The van der Waals surface area contributed by atoms with Crippen LogP contribution in [-0.4, -0.2) is 23.0 Å². The highest BCUT2D eigenvalue weighted by atomic mass is 35.5. The number of hydrogen-bond donors (Lipinski definition) is 3. The molecule has 0 radical (unpaired) electrons. The van der Waals surface area contributed by atoms with Crippen molar-refractivity contribution in [2.45, 2.75) is 57.1 Å². The van der Waals surface area contributed by atoms with E-state index in [0.29, 0.717) is 38.3 Å². The Balaban J connectivity index is 1.29. The third-order valence-electron chi connectivity index (χ3n) is 8.42. The van der Waals surface area contributed by atoms with E-state index in [2.05, 4.69) is 42.8 Å². The van der Waals surface area contributed by atoms with Crippen LogP contribution in [-0.2, 0) is 22.4 Å². The van der Waals surface area contributed by atoms with Crippen LogP contribution >= 0.6 is 46.3 Å². The summed E-state index contributed by atoms with van der Waals surface area (Å²) >= 11 is 15.4. The molecule has 7 nitrogen and oxygen atoms in total. The Morgan fingerprint density at radius 2 is 1.76 bits per heavy atom. The summed E-state index contributed by atoms with van der Waals surface area (Å²) in [5, 5.41) is 19.2. The number of anilines is 2. The second kappa shape index (κ2) is 15.6. The van der Waals surface area contributed by atoms with Crippen LogP contribution in [0.5, 0.6) is 0 Å². The number of amides is 3. The van der Waals surface area contributed by atoms with Gasteiger partial charge in [-0.2, -0.15) is 5.26 Å². The number of thiophene rings is 1. The van der Waals surface area contributed by atoms with E-state index in [9.17, 15) is 19.6 Å². The Labute approximate surface area is 305 Å². The third-order valence-corrected chi connectivity index (χ3v) is 11.5. The summed E-state index contributed by atoms with van der Waals surface area (Å²) in [5.41, 5.74) is 3.08. The van der Waals surface area contributed by atoms with Gasteiger partial charge in [0.1, 0.15) is 16.8 Å². The number of nitrogens with zero attached hydrogens (tertiary/aromatic N) is 1. The molecule has 3 aromatic carbocycles. The first-order chi connectivity index (χ1) is 23.3. The average Bonchev–Trinajstić information content (AvgIpc) is 3.42. The van der Waals surface area contributed by atoms with Crippen molar-refractivity contribution in [2.75, 3.05) is 10.6 Å². The minimum atomic E-state index is -0.576. The van der Waals surface area contributed by atoms with Gasteiger partial charge in [0, 0.05) is 21.0 Å². The van der Waals surface area contributed by atoms with Gasteiger partial charge in [0.2, 0.25) is 5.91 Å². The molecule has 3 N–H and O–H groups in total. The number of nitrogens with one attached hydrogen (secondary N) is 3. The second-order valence-electron chi connectivity index (χ2n) is 12.9. The molecule has 5 rings (SSSR count). The van der Waals surface area contributed by atoms with Crippen LogP contribution in [0.3, 0.4) is 0 Å². The number of halogens is 2. The molecule has 1 heterocycles. The maximum Gasteiger partial charge on any atom is 0.272 e. The highest BCUT2D eigenvalue weighted by molar-refractivity contribution is 8.00. The molecule has 1 aliphatic carbocycles. The first-order valence-corrected chi connectivity index (χ1v) is 18.2. The molecule has 49 heavy (non-hydrogen) atoms. The molecule has 2 unspecified atom stereocenters. The van der Waals surface area contributed by atoms with Crippen molar-refractivity contribution in [2.24, 2.45) is 11.3 Å². The monoisotopic (exact) mass is 730 g/mol. The quantitative estimate of drug-likeness (QED) is 0.117. The van der Waals surface area contributed by atoms with E-state index >= 15 is 0 Å². The van der Waals surface area contributed by atoms with Crippen LogP contribution in [0.15, 0.2) is 83.4 Å². The summed E-state index contributed by atoms with van der Waals surface area (Å²) in [6, 6.07) is 23.0. The number of rotatable bonds is 9. The fourth-order valence-electron chi connectivity index (χ4n) is 5.58. The summed E-state index contributed by atoms with van der Waals surface area (Å²) in [7, 11) is 0. The lowest BCUT2D eigenvalue weighted by atomic mass is 9.72. The number of carbonyl (C=O) groups is 3. The number of hydrogen-bond acceptors (Lipinski definition) is 6. The van der Waals surface area contributed by atoms with Gasteiger partial charge in [0.05, 0.1) is 20.9 Å². The van der Waals surface area contributed by atoms with Crippen molar-refractivity contribution in [3.8, 4) is 6.07 Å². The van der Waals surface area contributed by atoms with Gasteiger partial charge in [-0.15, -0.1) is 23.1 Å². The molecule has 2 atom stereocenters. The van der Waals surface area contributed by atoms with Gasteiger partial charge >= 0.3 is 0 Å². The van der Waals surface area contributed by atoms with Crippen molar-refractivity contribution in [3.05, 3.63) is 116 Å². The molecule has 0 aliphatic heterocycles. The second-order valence-corrected chi connectivity index (χ2v) is 16.2. The molecule has 1 aromatic heterocycles. The lowest BCUT2D eigenvalue weighted by Gasteiger charge is -2.33. The van der Waals surface area contributed by atoms with E-state index in [1.54, 1.807) is 73.7 Å². The Morgan fingerprint density at radius 3 is 2.47 bits per heavy atom. The fraction of sp³-hybridized carbons (Fsp3) is 0.263. The predicted octanol–water partition coefficient (Wildman–Crippen LogP) is 9.61. The topological polar surface area (TPSA) is 111 Å². The van der Waals surface area contributed by atoms with E-state index in [4.69, 9.17) is 23.2 Å². The first kappa shape index (κ1) is 36.2. The lowest BCUT2D eigenvalue weighted by Crippen LogP contribution is -2.30. The van der Waals surface area contributed by atoms with Crippen molar-refractivity contribution in [3.63, 3.8) is 0 Å². The molecule has 11 heteroatoms. The SMILES string of the molecule is CC(Sc1cccc(NC(=O)/C(=C\c2cccc(Cl)c2Cl)NC(=O)c2ccccc2)c1)C(=O)Nc1sc2c(c1C#N)CCC(C(C)(C)C)C2. The Morgan fingerprint density at radius 1 is 1.02 bits per heavy atom. The van der Waals surface area contributed by atoms with Crippen LogP contribution in [0.25, 0.3) is 6.08 Å². The molecule has 4 aromatic rings. The van der Waals surface area contributed by atoms with E-state index in [1.807, 2.05) is 6.07 Å². The smallest absolute Gasteiger partial charge is 0.272 e. The van der Waals surface area contributed by atoms with Gasteiger partial charge in [-0.1, -0.05) is 80.4 Å². The molecule has 0 saturated heterocycles. The molecule has 1 aliphatic rings. The molecule has 0 bridgehead atoms. The maximum atomic E-state index is 13.6.